The molecule has 2 atom stereocenters. The Morgan fingerprint density at radius 1 is 1.09 bits per heavy atom. The number of imide groups is 1. The molecule has 1 fully saturated rings. The maximum absolute atomic E-state index is 12.7. The van der Waals surface area contributed by atoms with E-state index in [4.69, 9.17) is 0 Å². The second-order valence-electron chi connectivity index (χ2n) is 5.56. The number of hydrogen-bond acceptors (Lipinski definition) is 3. The molecule has 0 N–H and O–H groups in total. The minimum atomic E-state index is -0.187. The van der Waals surface area contributed by atoms with E-state index in [0.717, 1.165) is 15.7 Å². The molecule has 0 radical (unpaired) electrons. The van der Waals surface area contributed by atoms with E-state index in [1.54, 1.807) is 6.20 Å². The summed E-state index contributed by atoms with van der Waals surface area (Å²) in [6.45, 7) is 0.380. The molecule has 0 unspecified atom stereocenters. The van der Waals surface area contributed by atoms with Crippen LogP contribution in [-0.2, 0) is 22.6 Å². The molecule has 1 aromatic carbocycles. The molecule has 0 aliphatic carbocycles. The van der Waals surface area contributed by atoms with Crippen LogP contribution in [0.1, 0.15) is 11.1 Å². The molecule has 110 valence electrons. The van der Waals surface area contributed by atoms with Crippen LogP contribution < -0.4 is 4.59 Å². The van der Waals surface area contributed by atoms with Gasteiger partial charge in [0, 0.05) is 0 Å². The average molecular weight is 357 g/mol. The summed E-state index contributed by atoms with van der Waals surface area (Å²) in [6, 6.07) is 13.6. The van der Waals surface area contributed by atoms with E-state index in [2.05, 4.69) is 4.98 Å². The third-order valence-electron chi connectivity index (χ3n) is 4.17. The summed E-state index contributed by atoms with van der Waals surface area (Å²) in [5.74, 6) is -0.224. The molecule has 0 spiro atoms. The quantitative estimate of drug-likeness (QED) is 0.594. The summed E-state index contributed by atoms with van der Waals surface area (Å²) in [7, 11) is 0. The van der Waals surface area contributed by atoms with Gasteiger partial charge in [0.15, 0.2) is 0 Å². The zero-order valence-corrected chi connectivity index (χ0v) is 13.5. The van der Waals surface area contributed by atoms with Gasteiger partial charge in [0.1, 0.15) is 0 Å². The number of aromatic nitrogens is 1. The first-order chi connectivity index (χ1) is 10.7. The Hall–Kier alpha value is -1.97. The zero-order chi connectivity index (χ0) is 15.1. The Bertz CT molecular complexity index is 704. The van der Waals surface area contributed by atoms with E-state index < -0.39 is 0 Å². The molecule has 2 aliphatic rings. The van der Waals surface area contributed by atoms with Crippen LogP contribution in [0.3, 0.4) is 0 Å². The van der Waals surface area contributed by atoms with Crippen LogP contribution in [0.2, 0.25) is 4.82 Å². The number of carbonyl (C=O) groups is 2. The van der Waals surface area contributed by atoms with Gasteiger partial charge in [0.25, 0.3) is 0 Å². The Morgan fingerprint density at radius 3 is 2.73 bits per heavy atom. The molecule has 2 aliphatic heterocycles. The molecule has 5 heteroatoms. The fraction of sp³-hybridized carbons (Fsp3) is 0.235. The van der Waals surface area contributed by atoms with Crippen molar-refractivity contribution < 1.29 is 9.59 Å². The van der Waals surface area contributed by atoms with E-state index in [1.807, 2.05) is 42.5 Å². The molecular weight excluding hydrogens is 343 g/mol. The van der Waals surface area contributed by atoms with Crippen LogP contribution in [0.5, 0.6) is 0 Å². The molecule has 4 rings (SSSR count). The third-order valence-corrected chi connectivity index (χ3v) is 7.05. The van der Waals surface area contributed by atoms with Crippen LogP contribution in [0.25, 0.3) is 0 Å². The van der Waals surface area contributed by atoms with Crippen molar-refractivity contribution in [3.05, 3.63) is 59.8 Å². The predicted molar refractivity (Wildman–Crippen MR) is 82.6 cm³/mol. The monoisotopic (exact) mass is 358 g/mol. The number of benzene rings is 1. The fourth-order valence-electron chi connectivity index (χ4n) is 3.06. The summed E-state index contributed by atoms with van der Waals surface area (Å²) < 4.78 is 1.03. The predicted octanol–water partition coefficient (Wildman–Crippen LogP) is 0.941. The van der Waals surface area contributed by atoms with Gasteiger partial charge < -0.3 is 0 Å². The summed E-state index contributed by atoms with van der Waals surface area (Å²) >= 11 is -0.0578. The van der Waals surface area contributed by atoms with Crippen molar-refractivity contribution in [3.8, 4) is 0 Å². The normalized spacial score (nSPS) is 23.4. The van der Waals surface area contributed by atoms with Crippen LogP contribution in [-0.4, -0.2) is 36.7 Å². The van der Waals surface area contributed by atoms with Crippen molar-refractivity contribution in [2.45, 2.75) is 17.8 Å². The number of carbonyl (C=O) groups excluding carboxylic acids is 2. The van der Waals surface area contributed by atoms with Crippen molar-refractivity contribution in [2.24, 2.45) is 5.92 Å². The first kappa shape index (κ1) is 13.7. The van der Waals surface area contributed by atoms with Crippen molar-refractivity contribution in [1.29, 1.82) is 0 Å². The fourth-order valence-corrected chi connectivity index (χ4v) is 5.72. The van der Waals surface area contributed by atoms with Crippen LogP contribution in [0.4, 0.5) is 0 Å². The minimum absolute atomic E-state index is 0.0183. The molecule has 2 amide bonds. The van der Waals surface area contributed by atoms with Crippen molar-refractivity contribution in [2.75, 3.05) is 0 Å². The summed E-state index contributed by atoms with van der Waals surface area (Å²) in [4.78, 5) is 31.0. The van der Waals surface area contributed by atoms with Gasteiger partial charge in [-0.25, -0.2) is 0 Å². The second kappa shape index (κ2) is 5.34. The Kier molecular flexibility index (Phi) is 3.32. The molecule has 1 aromatic heterocycles. The Morgan fingerprint density at radius 2 is 1.91 bits per heavy atom. The third kappa shape index (κ3) is 2.18. The number of amides is 2. The number of hydrogen-bond donors (Lipinski definition) is 0. The SMILES string of the molecule is O=C1[C@H]2Cc3cccnc3[Se][C@H]2C(=O)N1Cc1ccccc1. The molecule has 22 heavy (non-hydrogen) atoms. The molecule has 3 heterocycles. The summed E-state index contributed by atoms with van der Waals surface area (Å²) in [5, 5.41) is 0. The van der Waals surface area contributed by atoms with E-state index in [1.165, 1.54) is 4.90 Å². The van der Waals surface area contributed by atoms with Crippen molar-refractivity contribution in [3.63, 3.8) is 0 Å². The van der Waals surface area contributed by atoms with Gasteiger partial charge >= 0.3 is 134 Å². The van der Waals surface area contributed by atoms with Gasteiger partial charge in [-0.05, 0) is 0 Å². The van der Waals surface area contributed by atoms with Gasteiger partial charge in [0.05, 0.1) is 0 Å². The first-order valence-corrected chi connectivity index (χ1v) is 9.08. The topological polar surface area (TPSA) is 50.3 Å². The Labute approximate surface area is 134 Å². The van der Waals surface area contributed by atoms with Gasteiger partial charge in [-0.1, -0.05) is 0 Å². The Balaban J connectivity index is 1.62. The van der Waals surface area contributed by atoms with Gasteiger partial charge in [-0.15, -0.1) is 0 Å². The molecule has 0 bridgehead atoms. The van der Waals surface area contributed by atoms with Crippen LogP contribution in [0.15, 0.2) is 48.7 Å². The van der Waals surface area contributed by atoms with Crippen molar-refractivity contribution >= 4 is 31.4 Å². The summed E-state index contributed by atoms with van der Waals surface area (Å²) in [6.07, 6.45) is 2.41. The second-order valence-corrected chi connectivity index (χ2v) is 7.94. The molecule has 4 nitrogen and oxygen atoms in total. The molecule has 1 saturated heterocycles. The number of rotatable bonds is 2. The van der Waals surface area contributed by atoms with E-state index >= 15 is 0 Å². The number of pyridine rings is 1. The van der Waals surface area contributed by atoms with Crippen molar-refractivity contribution in [1.82, 2.24) is 9.88 Å². The summed E-state index contributed by atoms with van der Waals surface area (Å²) in [5.41, 5.74) is 2.12. The molecule has 0 saturated carbocycles. The van der Waals surface area contributed by atoms with Gasteiger partial charge in [-0.3, -0.25) is 0 Å². The number of likely N-dealkylation sites (tertiary alicyclic amines) is 1. The molecule has 2 aromatic rings. The van der Waals surface area contributed by atoms with E-state index in [9.17, 15) is 9.59 Å². The van der Waals surface area contributed by atoms with E-state index in [0.29, 0.717) is 13.0 Å². The average Bonchev–Trinajstić information content (AvgIpc) is 2.79. The van der Waals surface area contributed by atoms with Crippen LogP contribution in [0, 0.1) is 5.92 Å². The number of nitrogens with zero attached hydrogens (tertiary/aromatic N) is 2. The van der Waals surface area contributed by atoms with Gasteiger partial charge in [0.2, 0.25) is 0 Å². The standard InChI is InChI=1S/C17H14N2O2Se/c20-16-13-9-12-7-4-8-18-15(12)22-14(13)17(21)19(16)10-11-5-2-1-3-6-11/h1-8,13-14H,9-10H2/t13-,14+/m0/s1. The van der Waals surface area contributed by atoms with E-state index in [-0.39, 0.29) is 37.5 Å². The van der Waals surface area contributed by atoms with Crippen LogP contribution >= 0.6 is 0 Å². The maximum atomic E-state index is 12.7. The zero-order valence-electron chi connectivity index (χ0n) is 11.8. The first-order valence-electron chi connectivity index (χ1n) is 7.24. The molecular formula is C17H14N2O2Se. The number of fused-ring (bicyclic) bond motifs is 2. The van der Waals surface area contributed by atoms with Gasteiger partial charge in [-0.2, -0.15) is 0 Å².